The molecular formula is C25H25ClFN5O4. The molecule has 2 fully saturated rings. The number of carbonyl (C=O) groups is 1. The van der Waals surface area contributed by atoms with Gasteiger partial charge in [-0.1, -0.05) is 17.7 Å². The van der Waals surface area contributed by atoms with Gasteiger partial charge in [-0.15, -0.1) is 0 Å². The molecule has 2 unspecified atom stereocenters. The van der Waals surface area contributed by atoms with Gasteiger partial charge in [0.05, 0.1) is 48.8 Å². The summed E-state index contributed by atoms with van der Waals surface area (Å²) in [4.78, 5) is 23.5. The number of methoxy groups -OCH3 is 1. The predicted molar refractivity (Wildman–Crippen MR) is 134 cm³/mol. The average Bonchev–Trinajstić information content (AvgIpc) is 3.29. The van der Waals surface area contributed by atoms with Crippen molar-refractivity contribution in [1.82, 2.24) is 14.9 Å². The van der Waals surface area contributed by atoms with E-state index < -0.39 is 5.82 Å². The second kappa shape index (κ2) is 10.8. The number of aromatic nitrogens is 2. The Morgan fingerprint density at radius 3 is 2.72 bits per heavy atom. The fraction of sp³-hybridized carbons (Fsp3) is 0.320. The van der Waals surface area contributed by atoms with E-state index in [1.165, 1.54) is 31.6 Å². The van der Waals surface area contributed by atoms with Crippen LogP contribution in [0.2, 0.25) is 5.02 Å². The number of nitrogens with zero attached hydrogens (tertiary/aromatic N) is 3. The zero-order chi connectivity index (χ0) is 25.1. The molecule has 0 aliphatic carbocycles. The maximum Gasteiger partial charge on any atom is 0.248 e. The van der Waals surface area contributed by atoms with Gasteiger partial charge in [-0.25, -0.2) is 14.4 Å². The zero-order valence-corrected chi connectivity index (χ0v) is 20.3. The number of anilines is 3. The highest BCUT2D eigenvalue weighted by atomic mass is 35.5. The van der Waals surface area contributed by atoms with Crippen molar-refractivity contribution in [2.45, 2.75) is 12.2 Å². The van der Waals surface area contributed by atoms with Crippen LogP contribution in [-0.2, 0) is 14.3 Å². The van der Waals surface area contributed by atoms with E-state index >= 15 is 0 Å². The molecule has 2 N–H and O–H groups in total. The predicted octanol–water partition coefficient (Wildman–Crippen LogP) is 3.77. The number of halogens is 2. The van der Waals surface area contributed by atoms with Crippen LogP contribution in [0.1, 0.15) is 0 Å². The van der Waals surface area contributed by atoms with Gasteiger partial charge < -0.3 is 24.8 Å². The van der Waals surface area contributed by atoms with Gasteiger partial charge in [0.15, 0.2) is 0 Å². The quantitative estimate of drug-likeness (QED) is 0.461. The molecule has 2 aliphatic rings. The molecule has 0 saturated carbocycles. The molecule has 2 atom stereocenters. The van der Waals surface area contributed by atoms with E-state index in [1.807, 2.05) is 6.08 Å². The molecule has 1 aromatic heterocycles. The number of carbonyl (C=O) groups excluding carboxylic acids is 1. The molecule has 9 nitrogen and oxygen atoms in total. The normalized spacial score (nSPS) is 20.0. The van der Waals surface area contributed by atoms with Gasteiger partial charge in [0, 0.05) is 42.9 Å². The second-order valence-electron chi connectivity index (χ2n) is 8.47. The minimum atomic E-state index is -0.512. The Hall–Kier alpha value is -3.31. The van der Waals surface area contributed by atoms with Crippen molar-refractivity contribution in [1.29, 1.82) is 0 Å². The van der Waals surface area contributed by atoms with Crippen LogP contribution in [0.5, 0.6) is 5.75 Å². The summed E-state index contributed by atoms with van der Waals surface area (Å²) in [6.45, 7) is 3.43. The van der Waals surface area contributed by atoms with Crippen LogP contribution in [-0.4, -0.2) is 72.9 Å². The molecule has 2 aliphatic heterocycles. The van der Waals surface area contributed by atoms with Crippen molar-refractivity contribution < 1.29 is 23.4 Å². The Balaban J connectivity index is 1.30. The molecule has 0 radical (unpaired) electrons. The van der Waals surface area contributed by atoms with Crippen molar-refractivity contribution >= 4 is 45.6 Å². The number of nitrogens with one attached hydrogen (secondary N) is 2. The molecular weight excluding hydrogens is 489 g/mol. The summed E-state index contributed by atoms with van der Waals surface area (Å²) in [5.74, 6) is 0.115. The van der Waals surface area contributed by atoms with Gasteiger partial charge in [0.25, 0.3) is 0 Å². The highest BCUT2D eigenvalue weighted by molar-refractivity contribution is 6.31. The summed E-state index contributed by atoms with van der Waals surface area (Å²) in [5, 5.41) is 6.62. The molecule has 36 heavy (non-hydrogen) atoms. The molecule has 3 aromatic rings. The fourth-order valence-corrected chi connectivity index (χ4v) is 4.51. The SMILES string of the molecule is COc1cc2ncnc(Nc3ccc(F)c(Cl)c3)c2cc1NC(=O)C=CCN1CC2OCCOC2C1. The smallest absolute Gasteiger partial charge is 0.248 e. The van der Waals surface area contributed by atoms with Crippen LogP contribution in [0.4, 0.5) is 21.6 Å². The lowest BCUT2D eigenvalue weighted by atomic mass is 10.1. The molecule has 2 saturated heterocycles. The molecule has 0 spiro atoms. The van der Waals surface area contributed by atoms with Crippen LogP contribution in [0, 0.1) is 5.82 Å². The van der Waals surface area contributed by atoms with Gasteiger partial charge >= 0.3 is 0 Å². The topological polar surface area (TPSA) is 97.8 Å². The van der Waals surface area contributed by atoms with Crippen LogP contribution in [0.25, 0.3) is 10.9 Å². The van der Waals surface area contributed by atoms with E-state index in [4.69, 9.17) is 25.8 Å². The van der Waals surface area contributed by atoms with Crippen molar-refractivity contribution in [3.05, 3.63) is 59.7 Å². The molecule has 2 aromatic carbocycles. The summed E-state index contributed by atoms with van der Waals surface area (Å²) in [5.41, 5.74) is 1.62. The number of hydrogen-bond acceptors (Lipinski definition) is 8. The number of rotatable bonds is 7. The lowest BCUT2D eigenvalue weighted by molar-refractivity contribution is -0.116. The Bertz CT molecular complexity index is 1290. The molecule has 11 heteroatoms. The standard InChI is InChI=1S/C25H25ClFN5O4/c1-34-21-11-19-16(25(29-14-28-19)30-15-4-5-18(27)17(26)9-15)10-20(21)31-24(33)3-2-6-32-12-22-23(13-32)36-8-7-35-22/h2-5,9-11,14,22-23H,6-8,12-13H2,1H3,(H,31,33)(H,28,29,30). The molecule has 5 rings (SSSR count). The lowest BCUT2D eigenvalue weighted by Gasteiger charge is -2.24. The van der Waals surface area contributed by atoms with Crippen LogP contribution < -0.4 is 15.4 Å². The first-order valence-electron chi connectivity index (χ1n) is 11.5. The van der Waals surface area contributed by atoms with Gasteiger partial charge in [-0.3, -0.25) is 9.69 Å². The van der Waals surface area contributed by atoms with Crippen molar-refractivity contribution in [2.75, 3.05) is 50.6 Å². The first kappa shape index (κ1) is 24.4. The Morgan fingerprint density at radius 2 is 2.00 bits per heavy atom. The van der Waals surface area contributed by atoms with Crippen molar-refractivity contribution in [2.24, 2.45) is 0 Å². The third-order valence-electron chi connectivity index (χ3n) is 6.07. The minimum Gasteiger partial charge on any atom is -0.494 e. The van der Waals surface area contributed by atoms with E-state index in [0.29, 0.717) is 53.6 Å². The molecule has 188 valence electrons. The van der Waals surface area contributed by atoms with Gasteiger partial charge in [-0.2, -0.15) is 0 Å². The Kier molecular flexibility index (Phi) is 7.28. The number of fused-ring (bicyclic) bond motifs is 2. The van der Waals surface area contributed by atoms with Gasteiger partial charge in [0.2, 0.25) is 5.91 Å². The molecule has 0 bridgehead atoms. The largest absolute Gasteiger partial charge is 0.494 e. The molecule has 1 amide bonds. The van der Waals surface area contributed by atoms with Gasteiger partial charge in [0.1, 0.15) is 23.7 Å². The number of hydrogen-bond donors (Lipinski definition) is 2. The van der Waals surface area contributed by atoms with E-state index in [0.717, 1.165) is 13.1 Å². The summed E-state index contributed by atoms with van der Waals surface area (Å²) >= 11 is 5.90. The van der Waals surface area contributed by atoms with E-state index in [2.05, 4.69) is 25.5 Å². The third kappa shape index (κ3) is 5.41. The minimum absolute atomic E-state index is 0.00693. The number of likely N-dealkylation sites (tertiary alicyclic amines) is 1. The number of amides is 1. The highest BCUT2D eigenvalue weighted by Gasteiger charge is 2.35. The van der Waals surface area contributed by atoms with Crippen molar-refractivity contribution in [3.63, 3.8) is 0 Å². The summed E-state index contributed by atoms with van der Waals surface area (Å²) < 4.78 is 30.5. The van der Waals surface area contributed by atoms with E-state index in [9.17, 15) is 9.18 Å². The van der Waals surface area contributed by atoms with Gasteiger partial charge in [-0.05, 0) is 24.3 Å². The number of ether oxygens (including phenoxy) is 3. The fourth-order valence-electron chi connectivity index (χ4n) is 4.33. The third-order valence-corrected chi connectivity index (χ3v) is 6.36. The van der Waals surface area contributed by atoms with E-state index in [1.54, 1.807) is 18.2 Å². The number of benzene rings is 2. The van der Waals surface area contributed by atoms with E-state index in [-0.39, 0.29) is 23.1 Å². The first-order chi connectivity index (χ1) is 17.5. The maximum absolute atomic E-state index is 13.5. The Labute approximate surface area is 212 Å². The van der Waals surface area contributed by atoms with Crippen LogP contribution in [0.15, 0.2) is 48.8 Å². The second-order valence-corrected chi connectivity index (χ2v) is 8.88. The first-order valence-corrected chi connectivity index (χ1v) is 11.9. The molecule has 3 heterocycles. The van der Waals surface area contributed by atoms with Crippen LogP contribution in [0.3, 0.4) is 0 Å². The highest BCUT2D eigenvalue weighted by Crippen LogP contribution is 2.33. The monoisotopic (exact) mass is 513 g/mol. The Morgan fingerprint density at radius 1 is 1.22 bits per heavy atom. The maximum atomic E-state index is 13.5. The van der Waals surface area contributed by atoms with Crippen molar-refractivity contribution in [3.8, 4) is 5.75 Å². The summed E-state index contributed by atoms with van der Waals surface area (Å²) in [6.07, 6.45) is 4.90. The average molecular weight is 514 g/mol. The zero-order valence-electron chi connectivity index (χ0n) is 19.5. The summed E-state index contributed by atoms with van der Waals surface area (Å²) in [7, 11) is 1.52. The van der Waals surface area contributed by atoms with Crippen LogP contribution >= 0.6 is 11.6 Å². The lowest BCUT2D eigenvalue weighted by Crippen LogP contribution is -2.36. The summed E-state index contributed by atoms with van der Waals surface area (Å²) in [6, 6.07) is 7.73.